The van der Waals surface area contributed by atoms with Crippen molar-refractivity contribution >= 4 is 29.3 Å². The Morgan fingerprint density at radius 1 is 1.20 bits per heavy atom. The highest BCUT2D eigenvalue weighted by molar-refractivity contribution is 7.98. The molecular formula is C13H9F2N3OS. The number of rotatable bonds is 1. The molecule has 0 spiro atoms. The maximum absolute atomic E-state index is 13.5. The lowest BCUT2D eigenvalue weighted by molar-refractivity contribution is 0.471. The van der Waals surface area contributed by atoms with Crippen molar-refractivity contribution < 1.29 is 13.9 Å². The summed E-state index contributed by atoms with van der Waals surface area (Å²) in [4.78, 5) is 4.31. The maximum atomic E-state index is 13.5. The number of fused-ring (bicyclic) bond motifs is 1. The van der Waals surface area contributed by atoms with Crippen LogP contribution in [0, 0.1) is 11.6 Å². The van der Waals surface area contributed by atoms with Crippen molar-refractivity contribution in [1.82, 2.24) is 4.72 Å². The molecule has 0 saturated heterocycles. The highest BCUT2D eigenvalue weighted by Crippen LogP contribution is 2.40. The Morgan fingerprint density at radius 3 is 2.85 bits per heavy atom. The molecule has 0 radical (unpaired) electrons. The maximum Gasteiger partial charge on any atom is 0.211 e. The van der Waals surface area contributed by atoms with Gasteiger partial charge in [0.2, 0.25) is 5.96 Å². The fraction of sp³-hybridized carbons (Fsp3) is 0. The molecule has 3 N–H and O–H groups in total. The summed E-state index contributed by atoms with van der Waals surface area (Å²) in [5.74, 6) is -0.680. The minimum absolute atomic E-state index is 0.117. The number of guanidine groups is 1. The van der Waals surface area contributed by atoms with Crippen LogP contribution in [0.1, 0.15) is 0 Å². The molecule has 1 aliphatic rings. The lowest BCUT2D eigenvalue weighted by Crippen LogP contribution is -2.27. The zero-order valence-corrected chi connectivity index (χ0v) is 10.8. The molecule has 0 unspecified atom stereocenters. The molecule has 2 aromatic carbocycles. The van der Waals surface area contributed by atoms with Gasteiger partial charge in [0.05, 0.1) is 4.90 Å². The van der Waals surface area contributed by atoms with E-state index < -0.39 is 5.82 Å². The number of hydrogen-bond donors (Lipinski definition) is 3. The van der Waals surface area contributed by atoms with Crippen LogP contribution in [-0.2, 0) is 0 Å². The number of phenolic OH excluding ortho intramolecular Hbond substituents is 1. The van der Waals surface area contributed by atoms with Crippen LogP contribution in [0.5, 0.6) is 5.75 Å². The SMILES string of the molecule is Oc1ccc(F)c2c1N=C(Nc1cccc(F)c1)NS2. The molecule has 0 atom stereocenters. The average Bonchev–Trinajstić information content (AvgIpc) is 2.43. The van der Waals surface area contributed by atoms with Crippen LogP contribution in [0.3, 0.4) is 0 Å². The topological polar surface area (TPSA) is 56.7 Å². The van der Waals surface area contributed by atoms with Gasteiger partial charge >= 0.3 is 0 Å². The van der Waals surface area contributed by atoms with Crippen molar-refractivity contribution in [1.29, 1.82) is 0 Å². The van der Waals surface area contributed by atoms with Gasteiger partial charge in [0.25, 0.3) is 0 Å². The van der Waals surface area contributed by atoms with Gasteiger partial charge in [-0.15, -0.1) is 0 Å². The smallest absolute Gasteiger partial charge is 0.211 e. The van der Waals surface area contributed by atoms with Gasteiger partial charge in [0.15, 0.2) is 0 Å². The van der Waals surface area contributed by atoms with Crippen LogP contribution in [0.2, 0.25) is 0 Å². The van der Waals surface area contributed by atoms with E-state index in [1.807, 2.05) is 0 Å². The molecule has 1 aliphatic heterocycles. The van der Waals surface area contributed by atoms with Gasteiger partial charge in [-0.05, 0) is 42.3 Å². The van der Waals surface area contributed by atoms with Crippen molar-refractivity contribution in [3.05, 3.63) is 48.0 Å². The number of nitrogens with zero attached hydrogens (tertiary/aromatic N) is 1. The molecule has 0 bridgehead atoms. The Labute approximate surface area is 117 Å². The molecule has 20 heavy (non-hydrogen) atoms. The van der Waals surface area contributed by atoms with Crippen LogP contribution in [0.25, 0.3) is 0 Å². The average molecular weight is 293 g/mol. The standard InChI is InChI=1S/C13H9F2N3OS/c14-7-2-1-3-8(6-7)16-13-17-11-10(19)5-4-9(15)12(11)20-18-13/h1-6,19H,(H2,16,17,18). The normalized spacial score (nSPS) is 13.2. The molecule has 0 fully saturated rings. The Kier molecular flexibility index (Phi) is 3.19. The van der Waals surface area contributed by atoms with Crippen molar-refractivity contribution in [2.75, 3.05) is 5.32 Å². The molecule has 0 saturated carbocycles. The van der Waals surface area contributed by atoms with Crippen molar-refractivity contribution in [2.24, 2.45) is 4.99 Å². The first kappa shape index (κ1) is 12.7. The Morgan fingerprint density at radius 2 is 2.05 bits per heavy atom. The second-order valence-electron chi connectivity index (χ2n) is 4.04. The van der Waals surface area contributed by atoms with Gasteiger partial charge in [-0.25, -0.2) is 13.8 Å². The van der Waals surface area contributed by atoms with Gasteiger partial charge in [0, 0.05) is 5.69 Å². The van der Waals surface area contributed by atoms with E-state index in [-0.39, 0.29) is 28.1 Å². The summed E-state index contributed by atoms with van der Waals surface area (Å²) in [6.07, 6.45) is 0. The van der Waals surface area contributed by atoms with E-state index in [4.69, 9.17) is 0 Å². The van der Waals surface area contributed by atoms with Gasteiger partial charge in [0.1, 0.15) is 23.1 Å². The van der Waals surface area contributed by atoms with Crippen LogP contribution in [0.15, 0.2) is 46.3 Å². The molecule has 0 amide bonds. The first-order valence-electron chi connectivity index (χ1n) is 5.69. The van der Waals surface area contributed by atoms with Crippen LogP contribution < -0.4 is 10.0 Å². The molecule has 102 valence electrons. The minimum Gasteiger partial charge on any atom is -0.506 e. The van der Waals surface area contributed by atoms with E-state index in [1.54, 1.807) is 12.1 Å². The Bertz CT molecular complexity index is 706. The number of halogens is 2. The van der Waals surface area contributed by atoms with Crippen LogP contribution in [0.4, 0.5) is 20.2 Å². The number of nitrogens with one attached hydrogen (secondary N) is 2. The predicted molar refractivity (Wildman–Crippen MR) is 74.2 cm³/mol. The first-order valence-corrected chi connectivity index (χ1v) is 6.51. The van der Waals surface area contributed by atoms with Crippen molar-refractivity contribution in [3.63, 3.8) is 0 Å². The predicted octanol–water partition coefficient (Wildman–Crippen LogP) is 3.38. The summed E-state index contributed by atoms with van der Waals surface area (Å²) in [6.45, 7) is 0. The summed E-state index contributed by atoms with van der Waals surface area (Å²) in [5.41, 5.74) is 0.642. The van der Waals surface area contributed by atoms with Crippen molar-refractivity contribution in [2.45, 2.75) is 4.90 Å². The van der Waals surface area contributed by atoms with E-state index in [9.17, 15) is 13.9 Å². The number of aromatic hydroxyl groups is 1. The highest BCUT2D eigenvalue weighted by atomic mass is 32.2. The quantitative estimate of drug-likeness (QED) is 0.706. The Balaban J connectivity index is 1.93. The number of anilines is 1. The second kappa shape index (κ2) is 5.01. The molecule has 3 rings (SSSR count). The van der Waals surface area contributed by atoms with Gasteiger partial charge in [-0.3, -0.25) is 4.72 Å². The summed E-state index contributed by atoms with van der Waals surface area (Å²) in [7, 11) is 0. The zero-order valence-electron chi connectivity index (χ0n) is 10.0. The third-order valence-corrected chi connectivity index (χ3v) is 3.51. The third-order valence-electron chi connectivity index (χ3n) is 2.62. The molecule has 0 aliphatic carbocycles. The first-order chi connectivity index (χ1) is 9.63. The minimum atomic E-state index is -0.469. The number of hydrogen-bond acceptors (Lipinski definition) is 5. The molecule has 7 heteroatoms. The zero-order chi connectivity index (χ0) is 14.1. The third kappa shape index (κ3) is 2.39. The number of phenols is 1. The van der Waals surface area contributed by atoms with Crippen LogP contribution in [-0.4, -0.2) is 11.1 Å². The summed E-state index contributed by atoms with van der Waals surface area (Å²) in [5, 5.41) is 12.6. The fourth-order valence-corrected chi connectivity index (χ4v) is 2.44. The molecular weight excluding hydrogens is 284 g/mol. The largest absolute Gasteiger partial charge is 0.506 e. The van der Waals surface area contributed by atoms with Gasteiger partial charge < -0.3 is 10.4 Å². The monoisotopic (exact) mass is 293 g/mol. The lowest BCUT2D eigenvalue weighted by Gasteiger charge is -2.18. The molecule has 4 nitrogen and oxygen atoms in total. The van der Waals surface area contributed by atoms with Crippen LogP contribution >= 0.6 is 11.9 Å². The van der Waals surface area contributed by atoms with E-state index >= 15 is 0 Å². The number of benzene rings is 2. The molecule has 0 aromatic heterocycles. The van der Waals surface area contributed by atoms with E-state index in [2.05, 4.69) is 15.0 Å². The fourth-order valence-electron chi connectivity index (χ4n) is 1.73. The molecule has 2 aromatic rings. The lowest BCUT2D eigenvalue weighted by atomic mass is 10.3. The van der Waals surface area contributed by atoms with E-state index in [0.29, 0.717) is 5.69 Å². The Hall–Kier alpha value is -2.28. The van der Waals surface area contributed by atoms with Gasteiger partial charge in [-0.2, -0.15) is 0 Å². The summed E-state index contributed by atoms with van der Waals surface area (Å²) in [6, 6.07) is 8.26. The second-order valence-corrected chi connectivity index (χ2v) is 4.86. The van der Waals surface area contributed by atoms with E-state index in [0.717, 1.165) is 11.9 Å². The summed E-state index contributed by atoms with van der Waals surface area (Å²) < 4.78 is 29.4. The summed E-state index contributed by atoms with van der Waals surface area (Å²) >= 11 is 0.989. The number of aliphatic imine (C=N–C) groups is 1. The molecule has 1 heterocycles. The van der Waals surface area contributed by atoms with E-state index in [1.165, 1.54) is 24.3 Å². The van der Waals surface area contributed by atoms with Gasteiger partial charge in [-0.1, -0.05) is 6.07 Å². The van der Waals surface area contributed by atoms with Crippen molar-refractivity contribution in [3.8, 4) is 5.75 Å². The highest BCUT2D eigenvalue weighted by Gasteiger charge is 2.19.